The number of nitrogens with zero attached hydrogens (tertiary/aromatic N) is 3. The summed E-state index contributed by atoms with van der Waals surface area (Å²) in [5.41, 5.74) is 1.69. The Hall–Kier alpha value is -1.42. The average Bonchev–Trinajstić information content (AvgIpc) is 2.39. The quantitative estimate of drug-likeness (QED) is 0.740. The Morgan fingerprint density at radius 1 is 1.29 bits per heavy atom. The fraction of sp³-hybridized carbons (Fsp3) is 0.538. The van der Waals surface area contributed by atoms with Gasteiger partial charge in [-0.3, -0.25) is 9.78 Å². The van der Waals surface area contributed by atoms with E-state index in [4.69, 9.17) is 0 Å². The van der Waals surface area contributed by atoms with Crippen molar-refractivity contribution >= 4 is 11.5 Å². The zero-order valence-electron chi connectivity index (χ0n) is 10.5. The van der Waals surface area contributed by atoms with E-state index in [-0.39, 0.29) is 5.78 Å². The molecule has 17 heavy (non-hydrogen) atoms. The SMILES string of the molecule is CCC(=O)c1ccc(N2CCN(C)CC2)cn1. The Kier molecular flexibility index (Phi) is 3.74. The van der Waals surface area contributed by atoms with Crippen LogP contribution in [-0.4, -0.2) is 48.9 Å². The van der Waals surface area contributed by atoms with Crippen LogP contribution in [0.1, 0.15) is 23.8 Å². The Labute approximate surface area is 102 Å². The molecule has 0 unspecified atom stereocenters. The fourth-order valence-electron chi connectivity index (χ4n) is 1.98. The maximum absolute atomic E-state index is 11.5. The fourth-order valence-corrected chi connectivity index (χ4v) is 1.98. The van der Waals surface area contributed by atoms with Crippen molar-refractivity contribution < 1.29 is 4.79 Å². The summed E-state index contributed by atoms with van der Waals surface area (Å²) in [4.78, 5) is 20.3. The van der Waals surface area contributed by atoms with Gasteiger partial charge in [-0.2, -0.15) is 0 Å². The molecule has 1 saturated heterocycles. The first kappa shape index (κ1) is 12.0. The molecule has 1 fully saturated rings. The van der Waals surface area contributed by atoms with Crippen molar-refractivity contribution in [3.05, 3.63) is 24.0 Å². The topological polar surface area (TPSA) is 36.4 Å². The highest BCUT2D eigenvalue weighted by molar-refractivity contribution is 5.94. The maximum Gasteiger partial charge on any atom is 0.180 e. The predicted molar refractivity (Wildman–Crippen MR) is 68.6 cm³/mol. The first-order valence-electron chi connectivity index (χ1n) is 6.13. The van der Waals surface area contributed by atoms with Crippen LogP contribution in [-0.2, 0) is 0 Å². The molecule has 1 aromatic rings. The summed E-state index contributed by atoms with van der Waals surface area (Å²) in [6, 6.07) is 3.83. The summed E-state index contributed by atoms with van der Waals surface area (Å²) >= 11 is 0. The highest BCUT2D eigenvalue weighted by atomic mass is 16.1. The molecule has 4 nitrogen and oxygen atoms in total. The van der Waals surface area contributed by atoms with E-state index in [2.05, 4.69) is 21.8 Å². The van der Waals surface area contributed by atoms with Gasteiger partial charge < -0.3 is 9.80 Å². The van der Waals surface area contributed by atoms with E-state index >= 15 is 0 Å². The number of likely N-dealkylation sites (N-methyl/N-ethyl adjacent to an activating group) is 1. The van der Waals surface area contributed by atoms with E-state index in [9.17, 15) is 4.79 Å². The average molecular weight is 233 g/mol. The van der Waals surface area contributed by atoms with E-state index in [1.54, 1.807) is 0 Å². The lowest BCUT2D eigenvalue weighted by molar-refractivity contribution is 0.0983. The summed E-state index contributed by atoms with van der Waals surface area (Å²) < 4.78 is 0. The third-order valence-electron chi connectivity index (χ3n) is 3.22. The number of ketones is 1. The van der Waals surface area contributed by atoms with Crippen LogP contribution < -0.4 is 4.90 Å². The smallest absolute Gasteiger partial charge is 0.180 e. The van der Waals surface area contributed by atoms with Gasteiger partial charge in [0.2, 0.25) is 0 Å². The molecular weight excluding hydrogens is 214 g/mol. The van der Waals surface area contributed by atoms with Crippen LogP contribution in [0.15, 0.2) is 18.3 Å². The van der Waals surface area contributed by atoms with Crippen molar-refractivity contribution in [3.63, 3.8) is 0 Å². The van der Waals surface area contributed by atoms with E-state index < -0.39 is 0 Å². The number of pyridine rings is 1. The van der Waals surface area contributed by atoms with Gasteiger partial charge in [0, 0.05) is 32.6 Å². The number of aromatic nitrogens is 1. The molecule has 0 aliphatic carbocycles. The zero-order valence-corrected chi connectivity index (χ0v) is 10.5. The molecular formula is C13H19N3O. The third-order valence-corrected chi connectivity index (χ3v) is 3.22. The van der Waals surface area contributed by atoms with Crippen molar-refractivity contribution in [3.8, 4) is 0 Å². The minimum Gasteiger partial charge on any atom is -0.368 e. The Bertz CT molecular complexity index is 380. The van der Waals surface area contributed by atoms with Gasteiger partial charge in [0.25, 0.3) is 0 Å². The van der Waals surface area contributed by atoms with Crippen LogP contribution in [0.25, 0.3) is 0 Å². The van der Waals surface area contributed by atoms with Crippen LogP contribution >= 0.6 is 0 Å². The first-order valence-corrected chi connectivity index (χ1v) is 6.13. The minimum atomic E-state index is 0.106. The number of carbonyl (C=O) groups excluding carboxylic acids is 1. The number of hydrogen-bond acceptors (Lipinski definition) is 4. The van der Waals surface area contributed by atoms with E-state index in [1.807, 2.05) is 25.3 Å². The lowest BCUT2D eigenvalue weighted by Crippen LogP contribution is -2.44. The van der Waals surface area contributed by atoms with E-state index in [0.717, 1.165) is 31.9 Å². The summed E-state index contributed by atoms with van der Waals surface area (Å²) in [7, 11) is 2.14. The standard InChI is InChI=1S/C13H19N3O/c1-3-13(17)12-5-4-11(10-14-12)16-8-6-15(2)7-9-16/h4-5,10H,3,6-9H2,1-2H3. The van der Waals surface area contributed by atoms with Gasteiger partial charge >= 0.3 is 0 Å². The largest absolute Gasteiger partial charge is 0.368 e. The van der Waals surface area contributed by atoms with E-state index in [0.29, 0.717) is 12.1 Å². The van der Waals surface area contributed by atoms with Crippen LogP contribution in [0, 0.1) is 0 Å². The van der Waals surface area contributed by atoms with Gasteiger partial charge in [-0.1, -0.05) is 6.92 Å². The van der Waals surface area contributed by atoms with Crippen molar-refractivity contribution in [1.82, 2.24) is 9.88 Å². The lowest BCUT2D eigenvalue weighted by Gasteiger charge is -2.33. The van der Waals surface area contributed by atoms with Gasteiger partial charge in [-0.15, -0.1) is 0 Å². The Morgan fingerprint density at radius 3 is 2.53 bits per heavy atom. The second kappa shape index (κ2) is 5.27. The number of rotatable bonds is 3. The molecule has 2 heterocycles. The molecule has 1 aliphatic rings. The molecule has 1 aliphatic heterocycles. The molecule has 0 aromatic carbocycles. The van der Waals surface area contributed by atoms with Crippen LogP contribution in [0.5, 0.6) is 0 Å². The molecule has 0 bridgehead atoms. The molecule has 92 valence electrons. The number of Topliss-reactive ketones (excluding diaryl/α,β-unsaturated/α-hetero) is 1. The number of anilines is 1. The second-order valence-corrected chi connectivity index (χ2v) is 4.47. The number of carbonyl (C=O) groups is 1. The summed E-state index contributed by atoms with van der Waals surface area (Å²) in [5.74, 6) is 0.106. The number of piperazine rings is 1. The van der Waals surface area contributed by atoms with Crippen molar-refractivity contribution in [2.45, 2.75) is 13.3 Å². The molecule has 0 spiro atoms. The van der Waals surface area contributed by atoms with Crippen LogP contribution in [0.4, 0.5) is 5.69 Å². The van der Waals surface area contributed by atoms with Crippen LogP contribution in [0.3, 0.4) is 0 Å². The summed E-state index contributed by atoms with van der Waals surface area (Å²) in [6.07, 6.45) is 2.33. The molecule has 0 radical (unpaired) electrons. The summed E-state index contributed by atoms with van der Waals surface area (Å²) in [5, 5.41) is 0. The minimum absolute atomic E-state index is 0.106. The van der Waals surface area contributed by atoms with E-state index in [1.165, 1.54) is 0 Å². The van der Waals surface area contributed by atoms with Crippen LogP contribution in [0.2, 0.25) is 0 Å². The normalized spacial score (nSPS) is 17.2. The van der Waals surface area contributed by atoms with Gasteiger partial charge in [-0.25, -0.2) is 0 Å². The third kappa shape index (κ3) is 2.82. The molecule has 0 atom stereocenters. The van der Waals surface area contributed by atoms with Gasteiger partial charge in [0.15, 0.2) is 5.78 Å². The molecule has 2 rings (SSSR count). The molecule has 4 heteroatoms. The predicted octanol–water partition coefficient (Wildman–Crippen LogP) is 1.43. The number of hydrogen-bond donors (Lipinski definition) is 0. The zero-order chi connectivity index (χ0) is 12.3. The van der Waals surface area contributed by atoms with Crippen molar-refractivity contribution in [2.75, 3.05) is 38.1 Å². The van der Waals surface area contributed by atoms with Crippen molar-refractivity contribution in [1.29, 1.82) is 0 Å². The highest BCUT2D eigenvalue weighted by Gasteiger charge is 2.14. The van der Waals surface area contributed by atoms with Gasteiger partial charge in [0.05, 0.1) is 11.9 Å². The second-order valence-electron chi connectivity index (χ2n) is 4.47. The molecule has 0 N–H and O–H groups in total. The van der Waals surface area contributed by atoms with Crippen molar-refractivity contribution in [2.24, 2.45) is 0 Å². The maximum atomic E-state index is 11.5. The highest BCUT2D eigenvalue weighted by Crippen LogP contribution is 2.15. The first-order chi connectivity index (χ1) is 8.20. The monoisotopic (exact) mass is 233 g/mol. The molecule has 0 saturated carbocycles. The summed E-state index contributed by atoms with van der Waals surface area (Å²) in [6.45, 7) is 6.07. The Balaban J connectivity index is 2.05. The molecule has 1 aromatic heterocycles. The van der Waals surface area contributed by atoms with Gasteiger partial charge in [-0.05, 0) is 19.2 Å². The molecule has 0 amide bonds. The lowest BCUT2D eigenvalue weighted by atomic mass is 10.2. The Morgan fingerprint density at radius 2 is 2.00 bits per heavy atom. The van der Waals surface area contributed by atoms with Gasteiger partial charge in [0.1, 0.15) is 5.69 Å².